The number of aliphatic imine (C=N–C) groups is 1. The van der Waals surface area contributed by atoms with E-state index in [1.807, 2.05) is 30.3 Å². The smallest absolute Gasteiger partial charge is 0.134 e. The van der Waals surface area contributed by atoms with Crippen LogP contribution in [-0.4, -0.2) is 5.84 Å². The van der Waals surface area contributed by atoms with Crippen LogP contribution in [-0.2, 0) is 6.42 Å². The molecule has 3 rings (SSSR count). The zero-order valence-corrected chi connectivity index (χ0v) is 9.72. The molecule has 1 radical (unpaired) electrons. The Bertz CT molecular complexity index is 571. The van der Waals surface area contributed by atoms with Gasteiger partial charge in [-0.05, 0) is 24.1 Å². The molecule has 0 saturated heterocycles. The van der Waals surface area contributed by atoms with Crippen LogP contribution in [0.5, 0.6) is 0 Å². The van der Waals surface area contributed by atoms with Crippen molar-refractivity contribution in [1.29, 1.82) is 0 Å². The normalized spacial score (nSPS) is 12.9. The average molecular weight is 221 g/mol. The Kier molecular flexibility index (Phi) is 2.41. The van der Waals surface area contributed by atoms with Crippen LogP contribution in [0.3, 0.4) is 0 Å². The van der Waals surface area contributed by atoms with E-state index in [2.05, 4.69) is 35.4 Å². The molecule has 0 amide bonds. The number of hydrogen-bond donors (Lipinski definition) is 0. The number of amidine groups is 1. The van der Waals surface area contributed by atoms with E-state index < -0.39 is 0 Å². The lowest BCUT2D eigenvalue weighted by molar-refractivity contribution is 1.20. The summed E-state index contributed by atoms with van der Waals surface area (Å²) in [7, 11) is 0. The van der Waals surface area contributed by atoms with Crippen LogP contribution in [0.2, 0.25) is 0 Å². The highest BCUT2D eigenvalue weighted by atomic mass is 15.1. The quantitative estimate of drug-likeness (QED) is 0.742. The highest BCUT2D eigenvalue weighted by Crippen LogP contribution is 2.33. The molecule has 0 aliphatic carbocycles. The zero-order chi connectivity index (χ0) is 11.7. The minimum Gasteiger partial charge on any atom is -0.231 e. The molecule has 0 N–H and O–H groups in total. The molecule has 0 atom stereocenters. The third-order valence-electron chi connectivity index (χ3n) is 2.91. The molecule has 0 bridgehead atoms. The molecule has 0 spiro atoms. The van der Waals surface area contributed by atoms with Crippen LogP contribution in [0.25, 0.3) is 0 Å². The maximum atomic E-state index is 4.60. The van der Waals surface area contributed by atoms with Crippen LogP contribution < -0.4 is 5.32 Å². The predicted octanol–water partition coefficient (Wildman–Crippen LogP) is 3.52. The second-order valence-electron chi connectivity index (χ2n) is 4.24. The number of benzene rings is 2. The van der Waals surface area contributed by atoms with Gasteiger partial charge in [-0.2, -0.15) is 0 Å². The third-order valence-corrected chi connectivity index (χ3v) is 2.91. The summed E-state index contributed by atoms with van der Waals surface area (Å²) in [6.45, 7) is 2.07. The lowest BCUT2D eigenvalue weighted by Gasteiger charge is -2.00. The SMILES string of the molecule is Cc1cccc2c1N=C(Cc1ccccc1)[N]2. The summed E-state index contributed by atoms with van der Waals surface area (Å²) in [4.78, 5) is 4.60. The van der Waals surface area contributed by atoms with Gasteiger partial charge in [0.15, 0.2) is 0 Å². The number of para-hydroxylation sites is 1. The Morgan fingerprint density at radius 3 is 2.53 bits per heavy atom. The summed E-state index contributed by atoms with van der Waals surface area (Å²) >= 11 is 0. The number of nitrogens with zero attached hydrogens (tertiary/aromatic N) is 2. The summed E-state index contributed by atoms with van der Waals surface area (Å²) < 4.78 is 0. The van der Waals surface area contributed by atoms with Gasteiger partial charge >= 0.3 is 0 Å². The summed E-state index contributed by atoms with van der Waals surface area (Å²) in [5.74, 6) is 0.903. The predicted molar refractivity (Wildman–Crippen MR) is 70.2 cm³/mol. The molecular weight excluding hydrogens is 208 g/mol. The van der Waals surface area contributed by atoms with E-state index in [9.17, 15) is 0 Å². The molecule has 2 aromatic rings. The maximum Gasteiger partial charge on any atom is 0.134 e. The van der Waals surface area contributed by atoms with Gasteiger partial charge in [-0.25, -0.2) is 10.3 Å². The summed E-state index contributed by atoms with van der Waals surface area (Å²) in [6.07, 6.45) is 0.801. The Morgan fingerprint density at radius 1 is 0.941 bits per heavy atom. The van der Waals surface area contributed by atoms with Crippen LogP contribution in [0.4, 0.5) is 11.4 Å². The van der Waals surface area contributed by atoms with Gasteiger partial charge in [0.2, 0.25) is 0 Å². The molecule has 0 saturated carbocycles. The minimum absolute atomic E-state index is 0.801. The Balaban J connectivity index is 1.86. The fourth-order valence-corrected chi connectivity index (χ4v) is 2.03. The van der Waals surface area contributed by atoms with Gasteiger partial charge < -0.3 is 0 Å². The van der Waals surface area contributed by atoms with Gasteiger partial charge in [-0.15, -0.1) is 0 Å². The summed E-state index contributed by atoms with van der Waals surface area (Å²) in [5.41, 5.74) is 4.46. The maximum absolute atomic E-state index is 4.60. The molecule has 0 unspecified atom stereocenters. The first-order valence-corrected chi connectivity index (χ1v) is 5.76. The van der Waals surface area contributed by atoms with Gasteiger partial charge in [0.05, 0.1) is 11.4 Å². The van der Waals surface area contributed by atoms with Crippen molar-refractivity contribution in [1.82, 2.24) is 5.32 Å². The van der Waals surface area contributed by atoms with E-state index in [4.69, 9.17) is 0 Å². The second kappa shape index (κ2) is 4.06. The molecular formula is C15H13N2. The highest BCUT2D eigenvalue weighted by Gasteiger charge is 2.16. The Hall–Kier alpha value is -2.09. The molecule has 1 aliphatic heterocycles. The molecule has 2 nitrogen and oxygen atoms in total. The molecule has 1 heterocycles. The van der Waals surface area contributed by atoms with E-state index in [1.165, 1.54) is 11.1 Å². The third kappa shape index (κ3) is 1.94. The number of rotatable bonds is 2. The molecule has 2 aromatic carbocycles. The fraction of sp³-hybridized carbons (Fsp3) is 0.133. The highest BCUT2D eigenvalue weighted by molar-refractivity contribution is 5.97. The van der Waals surface area contributed by atoms with Crippen molar-refractivity contribution >= 4 is 17.2 Å². The van der Waals surface area contributed by atoms with Crippen LogP contribution in [0.15, 0.2) is 53.5 Å². The standard InChI is InChI=1S/C15H13N2/c1-11-6-5-9-13-15(11)17-14(16-13)10-12-7-3-2-4-8-12/h2-9H,10H2,1H3. The Labute approximate surface area is 101 Å². The monoisotopic (exact) mass is 221 g/mol. The van der Waals surface area contributed by atoms with E-state index in [1.54, 1.807) is 0 Å². The molecule has 2 heteroatoms. The topological polar surface area (TPSA) is 26.5 Å². The van der Waals surface area contributed by atoms with Crippen molar-refractivity contribution in [2.75, 3.05) is 0 Å². The van der Waals surface area contributed by atoms with Crippen LogP contribution in [0, 0.1) is 6.92 Å². The van der Waals surface area contributed by atoms with Crippen molar-refractivity contribution < 1.29 is 0 Å². The molecule has 83 valence electrons. The molecule has 17 heavy (non-hydrogen) atoms. The van der Waals surface area contributed by atoms with Crippen molar-refractivity contribution in [2.45, 2.75) is 13.3 Å². The number of aryl methyl sites for hydroxylation is 1. The van der Waals surface area contributed by atoms with Gasteiger partial charge in [0.25, 0.3) is 0 Å². The molecule has 0 fully saturated rings. The molecule has 0 aromatic heterocycles. The van der Waals surface area contributed by atoms with Gasteiger partial charge in [-0.1, -0.05) is 42.5 Å². The largest absolute Gasteiger partial charge is 0.231 e. The van der Waals surface area contributed by atoms with Crippen LogP contribution in [0.1, 0.15) is 11.1 Å². The van der Waals surface area contributed by atoms with E-state index >= 15 is 0 Å². The van der Waals surface area contributed by atoms with Crippen molar-refractivity contribution in [3.8, 4) is 0 Å². The minimum atomic E-state index is 0.801. The number of hydrogen-bond acceptors (Lipinski definition) is 1. The fourth-order valence-electron chi connectivity index (χ4n) is 2.03. The van der Waals surface area contributed by atoms with E-state index in [0.717, 1.165) is 23.6 Å². The van der Waals surface area contributed by atoms with Crippen LogP contribution >= 0.6 is 0 Å². The van der Waals surface area contributed by atoms with E-state index in [0.29, 0.717) is 0 Å². The first-order chi connectivity index (χ1) is 8.33. The first-order valence-electron chi connectivity index (χ1n) is 5.76. The zero-order valence-electron chi connectivity index (χ0n) is 9.72. The second-order valence-corrected chi connectivity index (χ2v) is 4.24. The average Bonchev–Trinajstić information content (AvgIpc) is 2.74. The molecule has 1 aliphatic rings. The van der Waals surface area contributed by atoms with Gasteiger partial charge in [0.1, 0.15) is 5.84 Å². The lowest BCUT2D eigenvalue weighted by atomic mass is 10.1. The lowest BCUT2D eigenvalue weighted by Crippen LogP contribution is -2.09. The van der Waals surface area contributed by atoms with Gasteiger partial charge in [0, 0.05) is 6.42 Å². The first kappa shape index (κ1) is 10.1. The number of fused-ring (bicyclic) bond motifs is 1. The summed E-state index contributed by atoms with van der Waals surface area (Å²) in [6, 6.07) is 16.4. The Morgan fingerprint density at radius 2 is 1.76 bits per heavy atom. The summed E-state index contributed by atoms with van der Waals surface area (Å²) in [5, 5.41) is 4.56. The van der Waals surface area contributed by atoms with Crippen molar-refractivity contribution in [3.05, 3.63) is 59.7 Å². The van der Waals surface area contributed by atoms with E-state index in [-0.39, 0.29) is 0 Å². The van der Waals surface area contributed by atoms with Crippen molar-refractivity contribution in [3.63, 3.8) is 0 Å². The van der Waals surface area contributed by atoms with Crippen molar-refractivity contribution in [2.24, 2.45) is 4.99 Å². The van der Waals surface area contributed by atoms with Gasteiger partial charge in [-0.3, -0.25) is 0 Å².